The molecule has 1 saturated heterocycles. The molecule has 0 aliphatic carbocycles. The molecule has 0 spiro atoms. The van der Waals surface area contributed by atoms with Crippen LogP contribution >= 0.6 is 24.0 Å². The summed E-state index contributed by atoms with van der Waals surface area (Å²) in [4.78, 5) is 27.2. The first-order chi connectivity index (χ1) is 16.4. The lowest BCUT2D eigenvalue weighted by Crippen LogP contribution is -2.31. The molecule has 9 nitrogen and oxygen atoms in total. The summed E-state index contributed by atoms with van der Waals surface area (Å²) in [7, 11) is 4.57. The monoisotopic (exact) mass is 502 g/mol. The molecule has 2 amide bonds. The van der Waals surface area contributed by atoms with E-state index in [2.05, 4.69) is 5.32 Å². The highest BCUT2D eigenvalue weighted by atomic mass is 32.2. The molecule has 34 heavy (non-hydrogen) atoms. The van der Waals surface area contributed by atoms with Crippen LogP contribution < -0.4 is 29.0 Å². The molecule has 2 heterocycles. The van der Waals surface area contributed by atoms with Crippen LogP contribution in [0.2, 0.25) is 0 Å². The number of thioether (sulfide) groups is 1. The number of nitrogens with zero attached hydrogens (tertiary/aromatic N) is 1. The van der Waals surface area contributed by atoms with Gasteiger partial charge in [-0.3, -0.25) is 14.5 Å². The smallest absolute Gasteiger partial charge is 0.266 e. The van der Waals surface area contributed by atoms with Crippen molar-refractivity contribution >= 4 is 51.9 Å². The van der Waals surface area contributed by atoms with Crippen molar-refractivity contribution in [2.75, 3.05) is 40.0 Å². The highest BCUT2D eigenvalue weighted by Gasteiger charge is 2.32. The van der Waals surface area contributed by atoms with Crippen molar-refractivity contribution in [3.63, 3.8) is 0 Å². The van der Waals surface area contributed by atoms with E-state index in [4.69, 9.17) is 35.9 Å². The summed E-state index contributed by atoms with van der Waals surface area (Å²) in [6.07, 6.45) is 1.79. The third-order valence-electron chi connectivity index (χ3n) is 5.08. The second-order valence-electron chi connectivity index (χ2n) is 7.16. The van der Waals surface area contributed by atoms with Gasteiger partial charge >= 0.3 is 0 Å². The number of carbonyl (C=O) groups is 2. The predicted octanol–water partition coefficient (Wildman–Crippen LogP) is 3.67. The third kappa shape index (κ3) is 4.90. The number of ether oxygens (including phenoxy) is 5. The van der Waals surface area contributed by atoms with Crippen LogP contribution in [0.3, 0.4) is 0 Å². The number of rotatable bonds is 8. The van der Waals surface area contributed by atoms with Gasteiger partial charge in [-0.25, -0.2) is 0 Å². The average molecular weight is 503 g/mol. The number of hydrogen-bond donors (Lipinski definition) is 1. The van der Waals surface area contributed by atoms with Crippen LogP contribution in [0.5, 0.6) is 28.7 Å². The van der Waals surface area contributed by atoms with Gasteiger partial charge in [0.05, 0.1) is 26.2 Å². The Kier molecular flexibility index (Phi) is 7.13. The van der Waals surface area contributed by atoms with Crippen molar-refractivity contribution in [3.8, 4) is 28.7 Å². The summed E-state index contributed by atoms with van der Waals surface area (Å²) in [6, 6.07) is 8.64. The lowest BCUT2D eigenvalue weighted by molar-refractivity contribution is -0.122. The van der Waals surface area contributed by atoms with E-state index < -0.39 is 0 Å². The Morgan fingerprint density at radius 2 is 1.82 bits per heavy atom. The van der Waals surface area contributed by atoms with E-state index in [0.29, 0.717) is 49.2 Å². The maximum Gasteiger partial charge on any atom is 0.266 e. The van der Waals surface area contributed by atoms with Crippen molar-refractivity contribution in [2.45, 2.75) is 6.42 Å². The molecule has 2 aliphatic rings. The minimum Gasteiger partial charge on any atom is -0.493 e. The lowest BCUT2D eigenvalue weighted by Gasteiger charge is -2.14. The number of anilines is 1. The van der Waals surface area contributed by atoms with E-state index in [1.54, 1.807) is 36.4 Å². The van der Waals surface area contributed by atoms with Crippen LogP contribution in [0.4, 0.5) is 5.69 Å². The molecular formula is C23H22N2O7S2. The van der Waals surface area contributed by atoms with Gasteiger partial charge in [-0.1, -0.05) is 24.0 Å². The quantitative estimate of drug-likeness (QED) is 0.428. The number of benzene rings is 2. The Labute approximate surface area is 205 Å². The fourth-order valence-electron chi connectivity index (χ4n) is 3.44. The van der Waals surface area contributed by atoms with Gasteiger partial charge in [0.1, 0.15) is 4.32 Å². The highest BCUT2D eigenvalue weighted by Crippen LogP contribution is 2.40. The minimum absolute atomic E-state index is 0.0817. The molecule has 0 radical (unpaired) electrons. The van der Waals surface area contributed by atoms with Crippen molar-refractivity contribution in [1.82, 2.24) is 4.90 Å². The molecule has 1 N–H and O–H groups in total. The zero-order valence-electron chi connectivity index (χ0n) is 18.7. The van der Waals surface area contributed by atoms with E-state index >= 15 is 0 Å². The molecule has 178 valence electrons. The number of methoxy groups -OCH3 is 3. The molecule has 0 unspecified atom stereocenters. The third-order valence-corrected chi connectivity index (χ3v) is 6.45. The molecular weight excluding hydrogens is 480 g/mol. The molecule has 0 aromatic heterocycles. The SMILES string of the molecule is COc1cc(C=C2SC(=S)N(CCC(=O)Nc3ccc4c(c3)OCO4)C2=O)cc(OC)c1OC. The molecule has 1 fully saturated rings. The van der Waals surface area contributed by atoms with Gasteiger partial charge in [0.25, 0.3) is 5.91 Å². The first kappa shape index (κ1) is 23.7. The Bertz CT molecular complexity index is 1160. The van der Waals surface area contributed by atoms with Crippen LogP contribution in [0.15, 0.2) is 35.2 Å². The Morgan fingerprint density at radius 1 is 1.12 bits per heavy atom. The maximum atomic E-state index is 13.0. The molecule has 0 saturated carbocycles. The number of fused-ring (bicyclic) bond motifs is 1. The molecule has 2 aliphatic heterocycles. The Morgan fingerprint density at radius 3 is 2.50 bits per heavy atom. The van der Waals surface area contributed by atoms with Crippen LogP contribution in [0, 0.1) is 0 Å². The molecule has 2 aromatic rings. The topological polar surface area (TPSA) is 95.6 Å². The summed E-state index contributed by atoms with van der Waals surface area (Å²) >= 11 is 6.56. The zero-order valence-corrected chi connectivity index (χ0v) is 20.3. The summed E-state index contributed by atoms with van der Waals surface area (Å²) in [5.41, 5.74) is 1.28. The van der Waals surface area contributed by atoms with E-state index in [0.717, 1.165) is 0 Å². The lowest BCUT2D eigenvalue weighted by atomic mass is 10.1. The fraction of sp³-hybridized carbons (Fsp3) is 0.261. The summed E-state index contributed by atoms with van der Waals surface area (Å²) < 4.78 is 27.0. The number of thiocarbonyl (C=S) groups is 1. The van der Waals surface area contributed by atoms with E-state index in [1.807, 2.05) is 0 Å². The fourth-order valence-corrected chi connectivity index (χ4v) is 4.75. The van der Waals surface area contributed by atoms with Gasteiger partial charge in [0, 0.05) is 24.7 Å². The molecule has 11 heteroatoms. The minimum atomic E-state index is -0.264. The first-order valence-corrected chi connectivity index (χ1v) is 11.4. The number of carbonyl (C=O) groups excluding carboxylic acids is 2. The van der Waals surface area contributed by atoms with Gasteiger partial charge in [-0.05, 0) is 35.9 Å². The Balaban J connectivity index is 1.41. The van der Waals surface area contributed by atoms with Crippen LogP contribution in [0.25, 0.3) is 6.08 Å². The largest absolute Gasteiger partial charge is 0.493 e. The number of hydrogen-bond acceptors (Lipinski definition) is 9. The number of nitrogens with one attached hydrogen (secondary N) is 1. The van der Waals surface area contributed by atoms with Crippen molar-refractivity contribution in [3.05, 3.63) is 40.8 Å². The van der Waals surface area contributed by atoms with Crippen molar-refractivity contribution < 1.29 is 33.3 Å². The van der Waals surface area contributed by atoms with Crippen molar-refractivity contribution in [2.24, 2.45) is 0 Å². The van der Waals surface area contributed by atoms with E-state index in [9.17, 15) is 9.59 Å². The van der Waals surface area contributed by atoms with E-state index in [-0.39, 0.29) is 31.6 Å². The molecule has 4 rings (SSSR count). The van der Waals surface area contributed by atoms with Gasteiger partial charge < -0.3 is 29.0 Å². The first-order valence-electron chi connectivity index (χ1n) is 10.2. The van der Waals surface area contributed by atoms with Crippen molar-refractivity contribution in [1.29, 1.82) is 0 Å². The maximum absolute atomic E-state index is 13.0. The summed E-state index contributed by atoms with van der Waals surface area (Å²) in [5, 5.41) is 2.80. The van der Waals surface area contributed by atoms with E-state index in [1.165, 1.54) is 38.0 Å². The Hall–Kier alpha value is -3.44. The predicted molar refractivity (Wildman–Crippen MR) is 132 cm³/mol. The standard InChI is InChI=1S/C23H22N2O7S2/c1-28-17-8-13(9-18(29-2)21(17)30-3)10-19-22(27)25(23(33)34-19)7-6-20(26)24-14-4-5-15-16(11-14)32-12-31-15/h4-5,8-11H,6-7,12H2,1-3H3,(H,24,26). The molecule has 2 aromatic carbocycles. The second-order valence-corrected chi connectivity index (χ2v) is 8.83. The second kappa shape index (κ2) is 10.2. The number of amides is 2. The summed E-state index contributed by atoms with van der Waals surface area (Å²) in [5.74, 6) is 2.11. The van der Waals surface area contributed by atoms with Crippen LogP contribution in [0.1, 0.15) is 12.0 Å². The van der Waals surface area contributed by atoms with Crippen LogP contribution in [-0.2, 0) is 9.59 Å². The van der Waals surface area contributed by atoms with Crippen LogP contribution in [-0.4, -0.2) is 55.7 Å². The van der Waals surface area contributed by atoms with Gasteiger partial charge in [0.2, 0.25) is 18.4 Å². The normalized spacial score (nSPS) is 15.6. The van der Waals surface area contributed by atoms with Gasteiger partial charge in [-0.15, -0.1) is 0 Å². The highest BCUT2D eigenvalue weighted by molar-refractivity contribution is 8.26. The summed E-state index contributed by atoms with van der Waals surface area (Å²) in [6.45, 7) is 0.318. The van der Waals surface area contributed by atoms with Gasteiger partial charge in [-0.2, -0.15) is 0 Å². The molecule has 0 bridgehead atoms. The zero-order chi connectivity index (χ0) is 24.2. The van der Waals surface area contributed by atoms with Gasteiger partial charge in [0.15, 0.2) is 23.0 Å². The average Bonchev–Trinajstić information content (AvgIpc) is 3.40. The molecule has 0 atom stereocenters.